The summed E-state index contributed by atoms with van der Waals surface area (Å²) in [5.74, 6) is -1.18. The Morgan fingerprint density at radius 1 is 1.09 bits per heavy atom. The molecule has 7 nitrogen and oxygen atoms in total. The van der Waals surface area contributed by atoms with E-state index in [-0.39, 0.29) is 34.3 Å². The molecule has 2 N–H and O–H groups in total. The molecule has 0 aliphatic carbocycles. The summed E-state index contributed by atoms with van der Waals surface area (Å²) in [4.78, 5) is 12.6. The lowest BCUT2D eigenvalue weighted by Crippen LogP contribution is -2.25. The van der Waals surface area contributed by atoms with Crippen molar-refractivity contribution < 1.29 is 35.9 Å². The number of nitrogens with zero attached hydrogens (tertiary/aromatic N) is 1. The Bertz CT molecular complexity index is 1280. The first-order chi connectivity index (χ1) is 15.0. The number of nitrogens with one attached hydrogen (secondary N) is 1. The average Bonchev–Trinajstić information content (AvgIpc) is 3.36. The molecule has 168 valence electrons. The second-order valence-electron chi connectivity index (χ2n) is 7.14. The van der Waals surface area contributed by atoms with Crippen molar-refractivity contribution in [1.29, 1.82) is 0 Å². The van der Waals surface area contributed by atoms with Crippen LogP contribution in [0.4, 0.5) is 24.5 Å². The maximum Gasteiger partial charge on any atom is 0.416 e. The molecule has 1 aromatic heterocycles. The van der Waals surface area contributed by atoms with Crippen molar-refractivity contribution in [1.82, 2.24) is 0 Å². The minimum atomic E-state index is -4.52. The van der Waals surface area contributed by atoms with Crippen molar-refractivity contribution in [3.05, 3.63) is 65.9 Å². The molecule has 1 aliphatic rings. The first-order valence-corrected chi connectivity index (χ1v) is 11.1. The van der Waals surface area contributed by atoms with E-state index in [0.29, 0.717) is 18.7 Å². The van der Waals surface area contributed by atoms with Crippen molar-refractivity contribution in [2.45, 2.75) is 12.6 Å². The van der Waals surface area contributed by atoms with Crippen LogP contribution in [0.2, 0.25) is 0 Å². The Hall–Kier alpha value is -3.47. The molecule has 0 unspecified atom stereocenters. The van der Waals surface area contributed by atoms with Gasteiger partial charge in [-0.3, -0.25) is 9.10 Å². The van der Waals surface area contributed by atoms with Crippen LogP contribution in [0, 0.1) is 0 Å². The van der Waals surface area contributed by atoms with Gasteiger partial charge in [-0.05, 0) is 48.9 Å². The van der Waals surface area contributed by atoms with E-state index in [4.69, 9.17) is 4.42 Å². The Morgan fingerprint density at radius 3 is 2.56 bits per heavy atom. The summed E-state index contributed by atoms with van der Waals surface area (Å²) < 4.78 is 69.6. The number of alkyl halides is 3. The highest BCUT2D eigenvalue weighted by Gasteiger charge is 2.31. The van der Waals surface area contributed by atoms with Crippen LogP contribution in [0.3, 0.4) is 0 Å². The zero-order valence-electron chi connectivity index (χ0n) is 16.4. The average molecular weight is 466 g/mol. The fourth-order valence-corrected chi connectivity index (χ4v) is 4.91. The monoisotopic (exact) mass is 466 g/mol. The standard InChI is InChI=1S/C21H17F3N2O5S/c22-21(23,24)14-4-1-3-13(11-14)18-7-8-19(31-18)20(28)25-16-12-15(5-6-17(16)27)26-9-2-10-32(26,29)30/h1,3-8,11-12,27H,2,9-10H2,(H,25,28). The van der Waals surface area contributed by atoms with Gasteiger partial charge in [-0.15, -0.1) is 0 Å². The van der Waals surface area contributed by atoms with Crippen molar-refractivity contribution in [3.63, 3.8) is 0 Å². The van der Waals surface area contributed by atoms with Crippen LogP contribution in [0.25, 0.3) is 11.3 Å². The summed E-state index contributed by atoms with van der Waals surface area (Å²) in [5.41, 5.74) is -0.453. The number of rotatable bonds is 4. The number of phenols is 1. The molecule has 1 fully saturated rings. The van der Waals surface area contributed by atoms with Crippen LogP contribution < -0.4 is 9.62 Å². The number of phenolic OH excluding ortho intramolecular Hbond substituents is 1. The van der Waals surface area contributed by atoms with Gasteiger partial charge in [0.25, 0.3) is 5.91 Å². The third-order valence-corrected chi connectivity index (χ3v) is 6.79. The number of carbonyl (C=O) groups is 1. The highest BCUT2D eigenvalue weighted by atomic mass is 32.2. The van der Waals surface area contributed by atoms with Crippen molar-refractivity contribution in [2.75, 3.05) is 21.9 Å². The molecular formula is C21H17F3N2O5S. The molecule has 4 rings (SSSR count). The van der Waals surface area contributed by atoms with Gasteiger partial charge in [-0.1, -0.05) is 12.1 Å². The van der Waals surface area contributed by atoms with Crippen molar-refractivity contribution in [3.8, 4) is 17.1 Å². The SMILES string of the molecule is O=C(Nc1cc(N2CCCS2(=O)=O)ccc1O)c1ccc(-c2cccc(C(F)(F)F)c2)o1. The van der Waals surface area contributed by atoms with Gasteiger partial charge in [0.2, 0.25) is 10.0 Å². The normalized spacial score (nSPS) is 15.7. The predicted octanol–water partition coefficient (Wildman–Crippen LogP) is 4.46. The van der Waals surface area contributed by atoms with E-state index < -0.39 is 27.7 Å². The van der Waals surface area contributed by atoms with Crippen LogP contribution in [0.1, 0.15) is 22.5 Å². The second kappa shape index (κ2) is 7.90. The van der Waals surface area contributed by atoms with Crippen LogP contribution >= 0.6 is 0 Å². The highest BCUT2D eigenvalue weighted by Crippen LogP contribution is 2.34. The Kier molecular flexibility index (Phi) is 5.37. The van der Waals surface area contributed by atoms with Crippen LogP contribution in [0.15, 0.2) is 59.0 Å². The number of sulfonamides is 1. The molecule has 0 saturated carbocycles. The van der Waals surface area contributed by atoms with E-state index in [9.17, 15) is 31.5 Å². The molecule has 1 amide bonds. The molecule has 1 aliphatic heterocycles. The largest absolute Gasteiger partial charge is 0.506 e. The first kappa shape index (κ1) is 21.8. The van der Waals surface area contributed by atoms with Crippen LogP contribution in [-0.2, 0) is 16.2 Å². The lowest BCUT2D eigenvalue weighted by atomic mass is 10.1. The molecule has 2 heterocycles. The van der Waals surface area contributed by atoms with E-state index in [1.165, 1.54) is 46.8 Å². The van der Waals surface area contributed by atoms with E-state index in [0.717, 1.165) is 12.1 Å². The fraction of sp³-hybridized carbons (Fsp3) is 0.190. The number of hydrogen-bond acceptors (Lipinski definition) is 5. The molecule has 2 aromatic carbocycles. The van der Waals surface area contributed by atoms with E-state index in [1.807, 2.05) is 0 Å². The van der Waals surface area contributed by atoms with Gasteiger partial charge in [-0.25, -0.2) is 8.42 Å². The summed E-state index contributed by atoms with van der Waals surface area (Å²) in [7, 11) is -3.45. The number of benzene rings is 2. The Balaban J connectivity index is 1.56. The minimum Gasteiger partial charge on any atom is -0.506 e. The van der Waals surface area contributed by atoms with Gasteiger partial charge in [0.1, 0.15) is 11.5 Å². The fourth-order valence-electron chi connectivity index (χ4n) is 3.36. The zero-order valence-corrected chi connectivity index (χ0v) is 17.2. The molecule has 0 bridgehead atoms. The maximum absolute atomic E-state index is 12.9. The van der Waals surface area contributed by atoms with E-state index in [2.05, 4.69) is 5.32 Å². The lowest BCUT2D eigenvalue weighted by molar-refractivity contribution is -0.137. The zero-order chi connectivity index (χ0) is 23.1. The summed E-state index contributed by atoms with van der Waals surface area (Å²) in [6.07, 6.45) is -4.05. The number of anilines is 2. The first-order valence-electron chi connectivity index (χ1n) is 9.47. The number of carbonyl (C=O) groups excluding carboxylic acids is 1. The highest BCUT2D eigenvalue weighted by molar-refractivity contribution is 7.93. The molecular weight excluding hydrogens is 449 g/mol. The van der Waals surface area contributed by atoms with Gasteiger partial charge in [-0.2, -0.15) is 13.2 Å². The summed E-state index contributed by atoms with van der Waals surface area (Å²) in [5, 5.41) is 12.5. The number of hydrogen-bond donors (Lipinski definition) is 2. The molecule has 32 heavy (non-hydrogen) atoms. The molecule has 3 aromatic rings. The predicted molar refractivity (Wildman–Crippen MR) is 111 cm³/mol. The molecule has 1 saturated heterocycles. The van der Waals surface area contributed by atoms with Crippen LogP contribution in [-0.4, -0.2) is 31.7 Å². The third-order valence-electron chi connectivity index (χ3n) is 4.92. The third kappa shape index (κ3) is 4.28. The van der Waals surface area contributed by atoms with Gasteiger partial charge < -0.3 is 14.8 Å². The van der Waals surface area contributed by atoms with E-state index >= 15 is 0 Å². The Labute approximate surface area is 181 Å². The lowest BCUT2D eigenvalue weighted by Gasteiger charge is -2.18. The molecule has 0 radical (unpaired) electrons. The molecule has 0 atom stereocenters. The summed E-state index contributed by atoms with van der Waals surface area (Å²) in [6.45, 7) is 0.291. The Morgan fingerprint density at radius 2 is 1.88 bits per heavy atom. The summed E-state index contributed by atoms with van der Waals surface area (Å²) in [6, 6.07) is 11.1. The molecule has 11 heteroatoms. The smallest absolute Gasteiger partial charge is 0.416 e. The van der Waals surface area contributed by atoms with Gasteiger partial charge in [0, 0.05) is 12.1 Å². The molecule has 0 spiro atoms. The van der Waals surface area contributed by atoms with Crippen molar-refractivity contribution >= 4 is 27.3 Å². The number of halogens is 3. The minimum absolute atomic E-state index is 0.0142. The maximum atomic E-state index is 12.9. The summed E-state index contributed by atoms with van der Waals surface area (Å²) >= 11 is 0. The topological polar surface area (TPSA) is 99.9 Å². The second-order valence-corrected chi connectivity index (χ2v) is 9.15. The van der Waals surface area contributed by atoms with Gasteiger partial charge in [0.15, 0.2) is 5.76 Å². The number of furan rings is 1. The van der Waals surface area contributed by atoms with Crippen molar-refractivity contribution in [2.24, 2.45) is 0 Å². The van der Waals surface area contributed by atoms with E-state index in [1.54, 1.807) is 0 Å². The number of amides is 1. The van der Waals surface area contributed by atoms with Gasteiger partial charge in [0.05, 0.1) is 22.7 Å². The quantitative estimate of drug-likeness (QED) is 0.553. The number of aromatic hydroxyl groups is 1. The van der Waals surface area contributed by atoms with Gasteiger partial charge >= 0.3 is 6.18 Å². The van der Waals surface area contributed by atoms with Crippen LogP contribution in [0.5, 0.6) is 5.75 Å².